The van der Waals surface area contributed by atoms with E-state index in [1.807, 2.05) is 51.1 Å². The summed E-state index contributed by atoms with van der Waals surface area (Å²) < 4.78 is 11.1. The number of esters is 1. The molecule has 0 atom stereocenters. The van der Waals surface area contributed by atoms with Crippen molar-refractivity contribution in [2.45, 2.75) is 26.4 Å². The molecule has 2 heterocycles. The maximum Gasteiger partial charge on any atom is 0.338 e. The summed E-state index contributed by atoms with van der Waals surface area (Å²) in [5.74, 6) is 1.14. The molecule has 8 nitrogen and oxygen atoms in total. The van der Waals surface area contributed by atoms with E-state index in [9.17, 15) is 9.59 Å². The molecule has 0 unspecified atom stereocenters. The Morgan fingerprint density at radius 2 is 1.70 bits per heavy atom. The summed E-state index contributed by atoms with van der Waals surface area (Å²) >= 11 is 0. The zero-order chi connectivity index (χ0) is 23.4. The van der Waals surface area contributed by atoms with Gasteiger partial charge in [0, 0.05) is 11.4 Å². The molecule has 4 rings (SSSR count). The summed E-state index contributed by atoms with van der Waals surface area (Å²) in [6.07, 6.45) is 0. The van der Waals surface area contributed by atoms with Gasteiger partial charge in [0.2, 0.25) is 0 Å². The first-order valence-electron chi connectivity index (χ1n) is 10.7. The van der Waals surface area contributed by atoms with E-state index in [1.54, 1.807) is 41.3 Å². The number of nitrogens with zero attached hydrogens (tertiary/aromatic N) is 2. The maximum absolute atomic E-state index is 12.9. The fraction of sp³-hybridized carbons (Fsp3) is 0.240. The zero-order valence-electron chi connectivity index (χ0n) is 18.8. The van der Waals surface area contributed by atoms with Crippen LogP contribution in [0.1, 0.15) is 31.1 Å². The highest BCUT2D eigenvalue weighted by atomic mass is 16.6. The Morgan fingerprint density at radius 3 is 2.39 bits per heavy atom. The molecule has 33 heavy (non-hydrogen) atoms. The molecular formula is C25H26N4O4. The number of hydrogen-bond acceptors (Lipinski definition) is 6. The van der Waals surface area contributed by atoms with Gasteiger partial charge in [0.1, 0.15) is 18.0 Å². The van der Waals surface area contributed by atoms with Gasteiger partial charge in [-0.3, -0.25) is 4.90 Å². The average Bonchev–Trinajstić information content (AvgIpc) is 2.78. The van der Waals surface area contributed by atoms with E-state index in [-0.39, 0.29) is 12.0 Å². The molecule has 8 heteroatoms. The minimum absolute atomic E-state index is 0.280. The average molecular weight is 447 g/mol. The normalized spacial score (nSPS) is 12.9. The minimum atomic E-state index is -0.554. The van der Waals surface area contributed by atoms with Crippen molar-refractivity contribution in [3.63, 3.8) is 0 Å². The number of aromatic nitrogens is 1. The Morgan fingerprint density at radius 1 is 0.970 bits per heavy atom. The first-order chi connectivity index (χ1) is 15.8. The number of carbonyl (C=O) groups is 2. The van der Waals surface area contributed by atoms with Gasteiger partial charge in [-0.1, -0.05) is 18.2 Å². The third kappa shape index (κ3) is 5.60. The van der Waals surface area contributed by atoms with E-state index in [1.165, 1.54) is 0 Å². The van der Waals surface area contributed by atoms with Crippen LogP contribution in [-0.4, -0.2) is 35.7 Å². The lowest BCUT2D eigenvalue weighted by molar-refractivity contribution is 0.00695. The van der Waals surface area contributed by atoms with Crippen LogP contribution >= 0.6 is 0 Å². The number of amides is 2. The predicted molar refractivity (Wildman–Crippen MR) is 127 cm³/mol. The van der Waals surface area contributed by atoms with Crippen molar-refractivity contribution in [2.75, 3.05) is 28.7 Å². The molecular weight excluding hydrogens is 420 g/mol. The second-order valence-electron chi connectivity index (χ2n) is 8.52. The van der Waals surface area contributed by atoms with Crippen LogP contribution in [0.4, 0.5) is 27.8 Å². The summed E-state index contributed by atoms with van der Waals surface area (Å²) in [5.41, 5.74) is 1.36. The van der Waals surface area contributed by atoms with Crippen LogP contribution < -0.4 is 20.3 Å². The van der Waals surface area contributed by atoms with E-state index in [4.69, 9.17) is 9.47 Å². The predicted octanol–water partition coefficient (Wildman–Crippen LogP) is 5.21. The molecule has 1 aliphatic rings. The lowest BCUT2D eigenvalue weighted by Gasteiger charge is -2.28. The largest absolute Gasteiger partial charge is 0.488 e. The topological polar surface area (TPSA) is 92.8 Å². The van der Waals surface area contributed by atoms with Crippen molar-refractivity contribution in [2.24, 2.45) is 0 Å². The molecule has 1 aromatic heterocycles. The molecule has 0 radical (unpaired) electrons. The first kappa shape index (κ1) is 22.1. The Bertz CT molecular complexity index is 1140. The highest BCUT2D eigenvalue weighted by Crippen LogP contribution is 2.32. The quantitative estimate of drug-likeness (QED) is 0.535. The molecule has 0 fully saturated rings. The van der Waals surface area contributed by atoms with Gasteiger partial charge in [-0.25, -0.2) is 14.6 Å². The Labute approximate surface area is 192 Å². The van der Waals surface area contributed by atoms with Gasteiger partial charge in [0.15, 0.2) is 11.6 Å². The lowest BCUT2D eigenvalue weighted by atomic mass is 10.1. The molecule has 0 aliphatic carbocycles. The lowest BCUT2D eigenvalue weighted by Crippen LogP contribution is -2.41. The van der Waals surface area contributed by atoms with Crippen molar-refractivity contribution in [3.8, 4) is 5.75 Å². The van der Waals surface area contributed by atoms with Gasteiger partial charge >= 0.3 is 12.0 Å². The summed E-state index contributed by atoms with van der Waals surface area (Å²) in [4.78, 5) is 31.2. The Balaban J connectivity index is 1.49. The number of fused-ring (bicyclic) bond motifs is 1. The number of pyridine rings is 1. The van der Waals surface area contributed by atoms with Crippen LogP contribution in [0.5, 0.6) is 5.75 Å². The van der Waals surface area contributed by atoms with Crippen molar-refractivity contribution in [1.29, 1.82) is 0 Å². The van der Waals surface area contributed by atoms with Gasteiger partial charge in [-0.2, -0.15) is 0 Å². The molecule has 0 bridgehead atoms. The number of benzene rings is 2. The third-order valence-corrected chi connectivity index (χ3v) is 4.73. The Kier molecular flexibility index (Phi) is 6.17. The van der Waals surface area contributed by atoms with Gasteiger partial charge in [-0.15, -0.1) is 0 Å². The fourth-order valence-corrected chi connectivity index (χ4v) is 3.25. The van der Waals surface area contributed by atoms with Crippen LogP contribution in [0, 0.1) is 0 Å². The van der Waals surface area contributed by atoms with Gasteiger partial charge in [0.25, 0.3) is 0 Å². The monoisotopic (exact) mass is 446 g/mol. The van der Waals surface area contributed by atoms with Crippen LogP contribution in [0.25, 0.3) is 0 Å². The molecule has 1 aliphatic heterocycles. The van der Waals surface area contributed by atoms with Crippen molar-refractivity contribution in [1.82, 2.24) is 4.98 Å². The zero-order valence-corrected chi connectivity index (χ0v) is 18.8. The van der Waals surface area contributed by atoms with Crippen LogP contribution in [-0.2, 0) is 4.74 Å². The van der Waals surface area contributed by atoms with E-state index in [0.717, 1.165) is 5.69 Å². The number of carbonyl (C=O) groups excluding carboxylic acids is 2. The summed E-state index contributed by atoms with van der Waals surface area (Å²) in [6.45, 7) is 6.25. The molecule has 0 saturated heterocycles. The third-order valence-electron chi connectivity index (χ3n) is 4.73. The summed E-state index contributed by atoms with van der Waals surface area (Å²) in [7, 11) is 0. The van der Waals surface area contributed by atoms with Crippen LogP contribution in [0.2, 0.25) is 0 Å². The van der Waals surface area contributed by atoms with Crippen molar-refractivity contribution in [3.05, 3.63) is 72.3 Å². The van der Waals surface area contributed by atoms with Gasteiger partial charge in [0.05, 0.1) is 12.1 Å². The van der Waals surface area contributed by atoms with Crippen LogP contribution in [0.3, 0.4) is 0 Å². The fourth-order valence-electron chi connectivity index (χ4n) is 3.25. The Hall–Kier alpha value is -4.07. The molecule has 0 spiro atoms. The molecule has 3 aromatic rings. The minimum Gasteiger partial charge on any atom is -0.488 e. The standard InChI is InChI=1S/C25H26N4O4/c1-25(2,3)33-23(30)17-9-11-19(12-10-17)26-21-14-13-20-22(28-21)29(15-16-32-20)24(31)27-18-7-5-4-6-8-18/h4-14H,15-16H2,1-3H3,(H,26,28)(H,27,31). The van der Waals surface area contributed by atoms with E-state index in [0.29, 0.717) is 41.8 Å². The SMILES string of the molecule is CC(C)(C)OC(=O)c1ccc(Nc2ccc3c(n2)N(C(=O)Nc2ccccc2)CCO3)cc1. The number of nitrogens with one attached hydrogen (secondary N) is 2. The number of ether oxygens (including phenoxy) is 2. The van der Waals surface area contributed by atoms with E-state index >= 15 is 0 Å². The number of rotatable bonds is 4. The number of anilines is 4. The van der Waals surface area contributed by atoms with E-state index < -0.39 is 5.60 Å². The number of urea groups is 1. The van der Waals surface area contributed by atoms with E-state index in [2.05, 4.69) is 15.6 Å². The molecule has 170 valence electrons. The summed E-state index contributed by atoms with van der Waals surface area (Å²) in [6, 6.07) is 19.5. The highest BCUT2D eigenvalue weighted by molar-refractivity contribution is 6.02. The van der Waals surface area contributed by atoms with Gasteiger partial charge in [-0.05, 0) is 69.3 Å². The number of hydrogen-bond donors (Lipinski definition) is 2. The highest BCUT2D eigenvalue weighted by Gasteiger charge is 2.26. The second kappa shape index (κ2) is 9.20. The first-order valence-corrected chi connectivity index (χ1v) is 10.7. The van der Waals surface area contributed by atoms with Crippen molar-refractivity contribution < 1.29 is 19.1 Å². The number of para-hydroxylation sites is 1. The summed E-state index contributed by atoms with van der Waals surface area (Å²) in [5, 5.41) is 6.08. The van der Waals surface area contributed by atoms with Gasteiger partial charge < -0.3 is 20.1 Å². The molecule has 0 saturated carbocycles. The molecule has 2 aromatic carbocycles. The molecule has 2 N–H and O–H groups in total. The van der Waals surface area contributed by atoms with Crippen molar-refractivity contribution >= 4 is 35.0 Å². The smallest absolute Gasteiger partial charge is 0.338 e. The molecule has 2 amide bonds. The second-order valence-corrected chi connectivity index (χ2v) is 8.52. The van der Waals surface area contributed by atoms with Crippen LogP contribution in [0.15, 0.2) is 66.7 Å². The maximum atomic E-state index is 12.9.